The number of aliphatic hydroxyl groups excluding tert-OH is 2. The molecule has 0 saturated carbocycles. The topological polar surface area (TPSA) is 369 Å². The largest absolute Gasteiger partial charge is 0.505 e. The summed E-state index contributed by atoms with van der Waals surface area (Å²) in [6.07, 6.45) is 0. The van der Waals surface area contributed by atoms with E-state index in [9.17, 15) is 64.7 Å². The minimum Gasteiger partial charge on any atom is -0.505 e. The number of aliphatic hydroxyl groups is 2. The van der Waals surface area contributed by atoms with E-state index >= 15 is 0 Å². The first-order valence-corrected chi connectivity index (χ1v) is 22.9. The van der Waals surface area contributed by atoms with Crippen LogP contribution in [0.3, 0.4) is 0 Å². The third kappa shape index (κ3) is 10.3. The second kappa shape index (κ2) is 19.5. The lowest BCUT2D eigenvalue weighted by molar-refractivity contribution is -0.130. The van der Waals surface area contributed by atoms with Crippen molar-refractivity contribution in [3.8, 4) is 17.2 Å². The van der Waals surface area contributed by atoms with E-state index in [4.69, 9.17) is 9.47 Å². The van der Waals surface area contributed by atoms with Crippen LogP contribution in [0.4, 0.5) is 34.1 Å². The molecule has 1 aliphatic rings. The molecule has 27 heteroatoms. The summed E-state index contributed by atoms with van der Waals surface area (Å²) >= 11 is -2.49. The highest BCUT2D eigenvalue weighted by atomic mass is 32.2. The van der Waals surface area contributed by atoms with E-state index in [0.29, 0.717) is 15.8 Å². The molecule has 0 fully saturated rings. The Bertz CT molecular complexity index is 3350. The standard InChI is InChI=1S/C40H32N8O16S3/c49-13-15-63-31-20-30(32(64-16-14-50)19-29(31)43-42-28-12-5-21-3-1-2-4-27(21)38(28)65(55)56)44-45-34-33(67(60,61)62)18-22-17-23(6-11-26(22)37(34)51)41-46-35-36(40(53)54)47-48(39(35)52)24-7-9-25(10-8-24)66(57,58)59/h1-12,17-20,35,49-51H,13-16H2,(H,53,54)(H,55,56)(H,57,58,59)(H,60,61,62). The minimum atomic E-state index is -5.20. The number of azo groups is 3. The Hall–Kier alpha value is -7.50. The monoisotopic (exact) mass is 976 g/mol. The van der Waals surface area contributed by atoms with Gasteiger partial charge in [0.25, 0.3) is 26.1 Å². The lowest BCUT2D eigenvalue weighted by Crippen LogP contribution is -2.33. The van der Waals surface area contributed by atoms with E-state index in [1.807, 2.05) is 0 Å². The number of carbonyl (C=O) groups excluding carboxylic acids is 1. The zero-order chi connectivity index (χ0) is 48.2. The van der Waals surface area contributed by atoms with Crippen LogP contribution in [0.5, 0.6) is 17.2 Å². The second-order valence-electron chi connectivity index (χ2n) is 13.7. The summed E-state index contributed by atoms with van der Waals surface area (Å²) in [5, 5.41) is 69.7. The Kier molecular flexibility index (Phi) is 13.8. The maximum absolute atomic E-state index is 13.3. The number of phenols is 1. The van der Waals surface area contributed by atoms with Gasteiger partial charge in [-0.2, -0.15) is 37.2 Å². The van der Waals surface area contributed by atoms with Crippen molar-refractivity contribution in [3.05, 3.63) is 97.1 Å². The van der Waals surface area contributed by atoms with Crippen molar-refractivity contribution in [2.24, 2.45) is 35.8 Å². The number of ether oxygens (including phenoxy) is 2. The van der Waals surface area contributed by atoms with Crippen molar-refractivity contribution in [2.45, 2.75) is 20.7 Å². The minimum absolute atomic E-state index is 0.0257. The third-order valence-electron chi connectivity index (χ3n) is 9.40. The lowest BCUT2D eigenvalue weighted by Gasteiger charge is -2.13. The average Bonchev–Trinajstić information content (AvgIpc) is 3.63. The van der Waals surface area contributed by atoms with Gasteiger partial charge in [0.2, 0.25) is 6.04 Å². The van der Waals surface area contributed by atoms with Crippen LogP contribution in [0.25, 0.3) is 21.5 Å². The quantitative estimate of drug-likeness (QED) is 0.0300. The van der Waals surface area contributed by atoms with Crippen molar-refractivity contribution in [3.63, 3.8) is 0 Å². The molecule has 6 aromatic carbocycles. The molecule has 7 N–H and O–H groups in total. The molecule has 6 aromatic rings. The molecule has 0 spiro atoms. The molecule has 1 heterocycles. The molecule has 0 aromatic heterocycles. The van der Waals surface area contributed by atoms with Crippen molar-refractivity contribution in [1.29, 1.82) is 0 Å². The van der Waals surface area contributed by atoms with Crippen LogP contribution in [0.1, 0.15) is 0 Å². The number of carbonyl (C=O) groups is 2. The fourth-order valence-corrected chi connectivity index (χ4v) is 8.21. The fourth-order valence-electron chi connectivity index (χ4n) is 6.41. The van der Waals surface area contributed by atoms with Crippen molar-refractivity contribution >= 4 is 105 Å². The van der Waals surface area contributed by atoms with Gasteiger partial charge in [-0.05, 0) is 65.4 Å². The number of hydrazone groups is 1. The second-order valence-corrected chi connectivity index (χ2v) is 17.4. The number of phenolic OH excluding ortho intramolecular Hbond substituents is 1. The number of nitrogens with zero attached hydrogens (tertiary/aromatic N) is 8. The highest BCUT2D eigenvalue weighted by molar-refractivity contribution is 7.86. The Labute approximate surface area is 379 Å². The summed E-state index contributed by atoms with van der Waals surface area (Å²) in [6, 6.07) is 19.2. The van der Waals surface area contributed by atoms with E-state index < -0.39 is 89.4 Å². The molecule has 0 radical (unpaired) electrons. The Morgan fingerprint density at radius 1 is 0.731 bits per heavy atom. The van der Waals surface area contributed by atoms with Crippen LogP contribution in [0.2, 0.25) is 0 Å². The van der Waals surface area contributed by atoms with Gasteiger partial charge >= 0.3 is 5.97 Å². The average molecular weight is 977 g/mol. The number of amides is 1. The number of benzene rings is 6. The van der Waals surface area contributed by atoms with Gasteiger partial charge in [0.1, 0.15) is 57.3 Å². The van der Waals surface area contributed by atoms with E-state index in [1.54, 1.807) is 30.3 Å². The first-order valence-electron chi connectivity index (χ1n) is 18.9. The maximum Gasteiger partial charge on any atom is 0.355 e. The van der Waals surface area contributed by atoms with Gasteiger partial charge in [0, 0.05) is 22.9 Å². The van der Waals surface area contributed by atoms with Gasteiger partial charge in [-0.1, -0.05) is 30.3 Å². The number of hydrogen-bond acceptors (Lipinski definition) is 19. The molecule has 2 unspecified atom stereocenters. The highest BCUT2D eigenvalue weighted by Crippen LogP contribution is 2.45. The summed E-state index contributed by atoms with van der Waals surface area (Å²) in [6.45, 7) is -1.54. The maximum atomic E-state index is 13.3. The van der Waals surface area contributed by atoms with Gasteiger partial charge in [-0.25, -0.2) is 9.00 Å². The zero-order valence-corrected chi connectivity index (χ0v) is 36.2. The fraction of sp³-hybridized carbons (Fsp3) is 0.125. The van der Waals surface area contributed by atoms with Crippen LogP contribution in [-0.2, 0) is 40.9 Å². The summed E-state index contributed by atoms with van der Waals surface area (Å²) in [4.78, 5) is 23.8. The smallest absolute Gasteiger partial charge is 0.355 e. The molecular formula is C40H32N8O16S3. The molecule has 1 aliphatic heterocycles. The molecule has 0 bridgehead atoms. The predicted octanol–water partition coefficient (Wildman–Crippen LogP) is 6.29. The summed E-state index contributed by atoms with van der Waals surface area (Å²) < 4.78 is 102. The molecular weight excluding hydrogens is 945 g/mol. The summed E-state index contributed by atoms with van der Waals surface area (Å²) in [7, 11) is -9.78. The molecule has 1 amide bonds. The van der Waals surface area contributed by atoms with Crippen LogP contribution in [0, 0.1) is 0 Å². The van der Waals surface area contributed by atoms with Gasteiger partial charge in [0.05, 0.1) is 29.5 Å². The number of aliphatic carboxylic acids is 1. The highest BCUT2D eigenvalue weighted by Gasteiger charge is 2.41. The number of aromatic hydroxyl groups is 1. The van der Waals surface area contributed by atoms with Crippen LogP contribution < -0.4 is 14.5 Å². The number of hydrogen-bond donors (Lipinski definition) is 7. The normalized spacial score (nSPS) is 15.1. The molecule has 346 valence electrons. The first kappa shape index (κ1) is 47.5. The number of carboxylic acid groups (broad SMARTS) is 1. The Morgan fingerprint density at radius 3 is 1.96 bits per heavy atom. The zero-order valence-electron chi connectivity index (χ0n) is 33.8. The van der Waals surface area contributed by atoms with Gasteiger partial charge in [-0.3, -0.25) is 13.9 Å². The van der Waals surface area contributed by atoms with E-state index in [-0.39, 0.29) is 68.8 Å². The molecule has 7 rings (SSSR count). The predicted molar refractivity (Wildman–Crippen MR) is 235 cm³/mol. The molecule has 67 heavy (non-hydrogen) atoms. The molecule has 24 nitrogen and oxygen atoms in total. The molecule has 0 saturated heterocycles. The number of fused-ring (bicyclic) bond motifs is 2. The number of anilines is 1. The Morgan fingerprint density at radius 2 is 1.36 bits per heavy atom. The first-order chi connectivity index (χ1) is 31.9. The Balaban J connectivity index is 1.23. The van der Waals surface area contributed by atoms with E-state index in [1.165, 1.54) is 36.4 Å². The number of rotatable bonds is 17. The van der Waals surface area contributed by atoms with E-state index in [0.717, 1.165) is 30.3 Å². The summed E-state index contributed by atoms with van der Waals surface area (Å²) in [5.74, 6) is -3.71. The molecule has 0 aliphatic carbocycles. The van der Waals surface area contributed by atoms with Crippen LogP contribution >= 0.6 is 0 Å². The molecule has 2 atom stereocenters. The van der Waals surface area contributed by atoms with Crippen LogP contribution in [0.15, 0.2) is 148 Å². The van der Waals surface area contributed by atoms with Crippen LogP contribution in [-0.4, -0.2) is 105 Å². The van der Waals surface area contributed by atoms with Crippen molar-refractivity contribution in [2.75, 3.05) is 31.4 Å². The van der Waals surface area contributed by atoms with E-state index in [2.05, 4.69) is 35.8 Å². The van der Waals surface area contributed by atoms with Gasteiger partial charge in [-0.15, -0.1) is 20.5 Å². The number of carboxylic acids is 1. The van der Waals surface area contributed by atoms with Crippen molar-refractivity contribution in [1.82, 2.24) is 0 Å². The SMILES string of the molecule is O=C(O)C1=NN(c2ccc(S(=O)(=O)O)cc2)C(=O)C1N=Nc1ccc2c(O)c(N=Nc3cc(OCCO)c(N=Nc4ccc5ccccc5c4S(=O)O)cc3OCCO)c(S(=O)(=O)O)cc2c1. The third-order valence-corrected chi connectivity index (χ3v) is 11.9. The lowest BCUT2D eigenvalue weighted by atomic mass is 10.1. The van der Waals surface area contributed by atoms with Gasteiger partial charge in [0.15, 0.2) is 22.5 Å². The summed E-state index contributed by atoms with van der Waals surface area (Å²) in [5.41, 5.74) is -1.93. The van der Waals surface area contributed by atoms with Gasteiger partial charge < -0.3 is 34.5 Å². The van der Waals surface area contributed by atoms with Crippen molar-refractivity contribution < 1.29 is 74.2 Å².